The Balaban J connectivity index is 1.50. The van der Waals surface area contributed by atoms with Gasteiger partial charge in [-0.3, -0.25) is 14.5 Å². The molecule has 2 aromatic carbocycles. The molecule has 0 spiro atoms. The van der Waals surface area contributed by atoms with Crippen LogP contribution in [0.4, 0.5) is 0 Å². The summed E-state index contributed by atoms with van der Waals surface area (Å²) in [6.07, 6.45) is 1.97. The zero-order valence-corrected chi connectivity index (χ0v) is 20.3. The van der Waals surface area contributed by atoms with Gasteiger partial charge in [-0.15, -0.1) is 0 Å². The lowest BCUT2D eigenvalue weighted by atomic mass is 9.97. The molecule has 0 aliphatic carbocycles. The van der Waals surface area contributed by atoms with E-state index in [0.717, 1.165) is 22.6 Å². The summed E-state index contributed by atoms with van der Waals surface area (Å²) in [5.74, 6) is 0.463. The van der Waals surface area contributed by atoms with E-state index in [1.165, 1.54) is 0 Å². The molecule has 1 atom stereocenters. The van der Waals surface area contributed by atoms with Crippen LogP contribution in [0.1, 0.15) is 43.4 Å². The molecule has 2 aliphatic rings. The number of esters is 1. The molecular weight excluding hydrogens is 454 g/mol. The fourth-order valence-electron chi connectivity index (χ4n) is 4.53. The van der Waals surface area contributed by atoms with E-state index < -0.39 is 0 Å². The van der Waals surface area contributed by atoms with Crippen LogP contribution in [0.25, 0.3) is 0 Å². The van der Waals surface area contributed by atoms with Crippen molar-refractivity contribution < 1.29 is 19.1 Å². The first kappa shape index (κ1) is 24.2. The number of ether oxygens (including phenoxy) is 2. The first-order chi connectivity index (χ1) is 16.5. The molecule has 2 aromatic rings. The predicted molar refractivity (Wildman–Crippen MR) is 131 cm³/mol. The number of amides is 1. The van der Waals surface area contributed by atoms with Crippen molar-refractivity contribution in [2.24, 2.45) is 11.0 Å². The first-order valence-corrected chi connectivity index (χ1v) is 12.0. The normalized spacial score (nSPS) is 19.1. The molecule has 1 saturated heterocycles. The van der Waals surface area contributed by atoms with Gasteiger partial charge in [-0.25, -0.2) is 5.01 Å². The number of hydrazone groups is 1. The van der Waals surface area contributed by atoms with Crippen molar-refractivity contribution in [1.29, 1.82) is 0 Å². The Kier molecular flexibility index (Phi) is 7.85. The summed E-state index contributed by atoms with van der Waals surface area (Å²) in [6, 6.07) is 15.1. The number of piperidine rings is 1. The highest BCUT2D eigenvalue weighted by Crippen LogP contribution is 2.35. The number of hydrogen-bond acceptors (Lipinski definition) is 6. The van der Waals surface area contributed by atoms with Crippen LogP contribution >= 0.6 is 11.6 Å². The molecular formula is C26H30ClN3O4. The number of halogens is 1. The Hall–Kier alpha value is -2.90. The lowest BCUT2D eigenvalue weighted by Gasteiger charge is -2.32. The van der Waals surface area contributed by atoms with E-state index >= 15 is 0 Å². The lowest BCUT2D eigenvalue weighted by molar-refractivity contribution is -0.149. The molecule has 0 aromatic heterocycles. The smallest absolute Gasteiger partial charge is 0.309 e. The fourth-order valence-corrected chi connectivity index (χ4v) is 4.78. The van der Waals surface area contributed by atoms with Crippen molar-refractivity contribution in [2.45, 2.75) is 32.2 Å². The average Bonchev–Trinajstić information content (AvgIpc) is 3.30. The number of methoxy groups -OCH3 is 1. The van der Waals surface area contributed by atoms with E-state index in [2.05, 4.69) is 4.90 Å². The molecule has 4 rings (SSSR count). The molecule has 8 heteroatoms. The minimum atomic E-state index is -0.221. The predicted octanol–water partition coefficient (Wildman–Crippen LogP) is 4.30. The maximum atomic E-state index is 13.4. The van der Waals surface area contributed by atoms with Gasteiger partial charge in [0.2, 0.25) is 0 Å². The maximum Gasteiger partial charge on any atom is 0.309 e. The van der Waals surface area contributed by atoms with Crippen LogP contribution in [0.2, 0.25) is 5.02 Å². The Morgan fingerprint density at radius 3 is 2.44 bits per heavy atom. The van der Waals surface area contributed by atoms with Crippen LogP contribution in [-0.4, -0.2) is 60.8 Å². The van der Waals surface area contributed by atoms with Gasteiger partial charge >= 0.3 is 5.97 Å². The Morgan fingerprint density at radius 2 is 1.79 bits per heavy atom. The molecule has 180 valence electrons. The van der Waals surface area contributed by atoms with Crippen molar-refractivity contribution in [3.63, 3.8) is 0 Å². The van der Waals surface area contributed by atoms with Gasteiger partial charge in [0.05, 0.1) is 37.9 Å². The monoisotopic (exact) mass is 483 g/mol. The fraction of sp³-hybridized carbons (Fsp3) is 0.423. The number of nitrogens with zero attached hydrogens (tertiary/aromatic N) is 3. The summed E-state index contributed by atoms with van der Waals surface area (Å²) < 4.78 is 10.4. The van der Waals surface area contributed by atoms with E-state index in [1.54, 1.807) is 12.1 Å². The number of rotatable bonds is 7. The average molecular weight is 484 g/mol. The number of hydrogen-bond donors (Lipinski definition) is 0. The Bertz CT molecular complexity index is 1050. The second-order valence-corrected chi connectivity index (χ2v) is 8.97. The van der Waals surface area contributed by atoms with Gasteiger partial charge in [-0.2, -0.15) is 5.10 Å². The summed E-state index contributed by atoms with van der Waals surface area (Å²) in [6.45, 7) is 3.82. The third kappa shape index (κ3) is 5.42. The van der Waals surface area contributed by atoms with Gasteiger partial charge in [-0.05, 0) is 56.6 Å². The topological polar surface area (TPSA) is 71.4 Å². The highest BCUT2D eigenvalue weighted by atomic mass is 35.5. The standard InChI is InChI=1S/C26H30ClN3O4/c1-3-34-26(32)19-12-14-29(15-13-19)17-25(31)30-24(18-8-10-20(33-2)11-9-18)16-23(28-30)21-6-4-5-7-22(21)27/h4-11,19,24H,3,12-17H2,1-2H3/t24-/m0/s1. The molecule has 0 unspecified atom stereocenters. The molecule has 34 heavy (non-hydrogen) atoms. The first-order valence-electron chi connectivity index (χ1n) is 11.7. The molecule has 1 fully saturated rings. The SMILES string of the molecule is CCOC(=O)C1CCN(CC(=O)N2N=C(c3ccccc3Cl)C[C@H]2c2ccc(OC)cc2)CC1. The highest BCUT2D eigenvalue weighted by molar-refractivity contribution is 6.34. The van der Waals surface area contributed by atoms with Crippen molar-refractivity contribution in [2.75, 3.05) is 33.4 Å². The summed E-state index contributed by atoms with van der Waals surface area (Å²) >= 11 is 6.44. The van der Waals surface area contributed by atoms with Gasteiger partial charge in [0.1, 0.15) is 5.75 Å². The highest BCUT2D eigenvalue weighted by Gasteiger charge is 2.35. The molecule has 0 radical (unpaired) electrons. The number of carbonyl (C=O) groups is 2. The van der Waals surface area contributed by atoms with E-state index in [-0.39, 0.29) is 30.4 Å². The summed E-state index contributed by atoms with van der Waals surface area (Å²) in [5, 5.41) is 6.95. The van der Waals surface area contributed by atoms with Crippen molar-refractivity contribution in [3.05, 3.63) is 64.7 Å². The zero-order chi connectivity index (χ0) is 24.1. The van der Waals surface area contributed by atoms with Crippen molar-refractivity contribution >= 4 is 29.2 Å². The third-order valence-electron chi connectivity index (χ3n) is 6.42. The molecule has 0 N–H and O–H groups in total. The molecule has 0 saturated carbocycles. The maximum absolute atomic E-state index is 13.4. The second kappa shape index (κ2) is 11.0. The van der Waals surface area contributed by atoms with Crippen LogP contribution in [0.3, 0.4) is 0 Å². The van der Waals surface area contributed by atoms with Gasteiger partial charge in [0, 0.05) is 17.0 Å². The van der Waals surface area contributed by atoms with Crippen LogP contribution in [0.15, 0.2) is 53.6 Å². The summed E-state index contributed by atoms with van der Waals surface area (Å²) in [4.78, 5) is 27.5. The molecule has 2 heterocycles. The summed E-state index contributed by atoms with van der Waals surface area (Å²) in [5.41, 5.74) is 2.62. The van der Waals surface area contributed by atoms with Crippen molar-refractivity contribution in [3.8, 4) is 5.75 Å². The lowest BCUT2D eigenvalue weighted by Crippen LogP contribution is -2.43. The third-order valence-corrected chi connectivity index (χ3v) is 6.75. The Labute approximate surface area is 205 Å². The number of likely N-dealkylation sites (tertiary alicyclic amines) is 1. The van der Waals surface area contributed by atoms with Crippen molar-refractivity contribution in [1.82, 2.24) is 9.91 Å². The van der Waals surface area contributed by atoms with Crippen LogP contribution in [-0.2, 0) is 14.3 Å². The van der Waals surface area contributed by atoms with Gasteiger partial charge in [0.15, 0.2) is 0 Å². The largest absolute Gasteiger partial charge is 0.497 e. The zero-order valence-electron chi connectivity index (χ0n) is 19.6. The second-order valence-electron chi connectivity index (χ2n) is 8.56. The van der Waals surface area contributed by atoms with E-state index in [0.29, 0.717) is 44.0 Å². The van der Waals surface area contributed by atoms with Gasteiger partial charge in [0.25, 0.3) is 5.91 Å². The quantitative estimate of drug-likeness (QED) is 0.549. The van der Waals surface area contributed by atoms with Gasteiger partial charge in [-0.1, -0.05) is 41.9 Å². The molecule has 1 amide bonds. The number of benzene rings is 2. The van der Waals surface area contributed by atoms with Gasteiger partial charge < -0.3 is 9.47 Å². The van der Waals surface area contributed by atoms with E-state index in [4.69, 9.17) is 26.2 Å². The van der Waals surface area contributed by atoms with E-state index in [1.807, 2.05) is 55.5 Å². The number of carbonyl (C=O) groups excluding carboxylic acids is 2. The molecule has 0 bridgehead atoms. The van der Waals surface area contributed by atoms with Crippen LogP contribution in [0.5, 0.6) is 5.75 Å². The minimum Gasteiger partial charge on any atom is -0.497 e. The summed E-state index contributed by atoms with van der Waals surface area (Å²) in [7, 11) is 1.63. The van der Waals surface area contributed by atoms with E-state index in [9.17, 15) is 9.59 Å². The van der Waals surface area contributed by atoms with Crippen LogP contribution < -0.4 is 4.74 Å². The molecule has 2 aliphatic heterocycles. The minimum absolute atomic E-state index is 0.0718. The van der Waals surface area contributed by atoms with Crippen LogP contribution in [0, 0.1) is 5.92 Å². The molecule has 7 nitrogen and oxygen atoms in total. The Morgan fingerprint density at radius 1 is 1.09 bits per heavy atom.